The van der Waals surface area contributed by atoms with Crippen molar-refractivity contribution in [3.63, 3.8) is 0 Å². The van der Waals surface area contributed by atoms with E-state index >= 15 is 0 Å². The van der Waals surface area contributed by atoms with Crippen LogP contribution < -0.4 is 5.43 Å². The van der Waals surface area contributed by atoms with Crippen LogP contribution in [-0.2, 0) is 0 Å². The highest BCUT2D eigenvalue weighted by atomic mass is 35.5. The Labute approximate surface area is 155 Å². The average molecular weight is 360 g/mol. The molecule has 4 aromatic rings. The van der Waals surface area contributed by atoms with Crippen molar-refractivity contribution in [3.05, 3.63) is 83.6 Å². The quantitative estimate of drug-likeness (QED) is 0.420. The van der Waals surface area contributed by atoms with Gasteiger partial charge >= 0.3 is 0 Å². The van der Waals surface area contributed by atoms with Gasteiger partial charge in [0.05, 0.1) is 23.1 Å². The van der Waals surface area contributed by atoms with Gasteiger partial charge in [0.15, 0.2) is 0 Å². The van der Waals surface area contributed by atoms with E-state index in [1.165, 1.54) is 0 Å². The first kappa shape index (κ1) is 16.2. The average Bonchev–Trinajstić information content (AvgIpc) is 2.69. The van der Waals surface area contributed by atoms with Crippen molar-refractivity contribution >= 4 is 34.7 Å². The van der Waals surface area contributed by atoms with E-state index in [0.29, 0.717) is 11.0 Å². The van der Waals surface area contributed by atoms with Crippen LogP contribution in [0.15, 0.2) is 78.0 Å². The van der Waals surface area contributed by atoms with Crippen LogP contribution in [0.5, 0.6) is 0 Å². The molecule has 0 amide bonds. The Kier molecular flexibility index (Phi) is 4.53. The Bertz CT molecular complexity index is 1070. The summed E-state index contributed by atoms with van der Waals surface area (Å²) < 4.78 is 0. The van der Waals surface area contributed by atoms with Crippen molar-refractivity contribution in [2.75, 3.05) is 5.43 Å². The molecule has 0 aliphatic rings. The summed E-state index contributed by atoms with van der Waals surface area (Å²) in [6.45, 7) is 0. The minimum absolute atomic E-state index is 0.408. The van der Waals surface area contributed by atoms with E-state index in [-0.39, 0.29) is 0 Å². The van der Waals surface area contributed by atoms with Crippen LogP contribution in [0.25, 0.3) is 22.2 Å². The van der Waals surface area contributed by atoms with Crippen molar-refractivity contribution in [1.82, 2.24) is 15.0 Å². The maximum Gasteiger partial charge on any atom is 0.244 e. The molecule has 0 spiro atoms. The number of rotatable bonds is 4. The van der Waals surface area contributed by atoms with Crippen molar-refractivity contribution in [3.8, 4) is 11.3 Å². The minimum Gasteiger partial charge on any atom is -0.255 e. The molecule has 0 atom stereocenters. The number of fused-ring (bicyclic) bond motifs is 1. The number of pyridine rings is 1. The molecule has 2 aromatic carbocycles. The van der Waals surface area contributed by atoms with Gasteiger partial charge in [-0.3, -0.25) is 4.98 Å². The predicted octanol–water partition coefficient (Wildman–Crippen LogP) is 4.79. The standard InChI is InChI=1S/C20H14ClN5/c21-15-9-10-18-17(12-15)19(14-6-2-1-3-7-14)25-20(24-18)26-23-13-16-8-4-5-11-22-16/h1-13H,(H,24,25,26)/b23-13+. The van der Waals surface area contributed by atoms with Crippen LogP contribution in [0, 0.1) is 0 Å². The maximum atomic E-state index is 6.17. The Morgan fingerprint density at radius 2 is 1.77 bits per heavy atom. The Morgan fingerprint density at radius 1 is 0.923 bits per heavy atom. The number of nitrogens with one attached hydrogen (secondary N) is 1. The van der Waals surface area contributed by atoms with Gasteiger partial charge in [-0.2, -0.15) is 5.10 Å². The number of hydrogen-bond acceptors (Lipinski definition) is 5. The first-order chi connectivity index (χ1) is 12.8. The van der Waals surface area contributed by atoms with E-state index < -0.39 is 0 Å². The number of aromatic nitrogens is 3. The van der Waals surface area contributed by atoms with Gasteiger partial charge < -0.3 is 0 Å². The third kappa shape index (κ3) is 3.53. The summed E-state index contributed by atoms with van der Waals surface area (Å²) in [5, 5.41) is 5.72. The molecule has 1 N–H and O–H groups in total. The van der Waals surface area contributed by atoms with Crippen LogP contribution in [0.3, 0.4) is 0 Å². The summed E-state index contributed by atoms with van der Waals surface area (Å²) in [6.07, 6.45) is 3.34. The van der Waals surface area contributed by atoms with Gasteiger partial charge in [0.2, 0.25) is 5.95 Å². The zero-order valence-electron chi connectivity index (χ0n) is 13.7. The molecule has 6 heteroatoms. The van der Waals surface area contributed by atoms with Gasteiger partial charge in [-0.1, -0.05) is 48.0 Å². The van der Waals surface area contributed by atoms with Crippen LogP contribution >= 0.6 is 11.6 Å². The summed E-state index contributed by atoms with van der Waals surface area (Å²) >= 11 is 6.17. The highest BCUT2D eigenvalue weighted by Crippen LogP contribution is 2.29. The highest BCUT2D eigenvalue weighted by Gasteiger charge is 2.10. The molecule has 4 rings (SSSR count). The largest absolute Gasteiger partial charge is 0.255 e. The van der Waals surface area contributed by atoms with E-state index in [1.807, 2.05) is 66.7 Å². The van der Waals surface area contributed by atoms with Crippen molar-refractivity contribution in [2.24, 2.45) is 5.10 Å². The third-order valence-corrected chi connectivity index (χ3v) is 3.99. The monoisotopic (exact) mass is 359 g/mol. The molecule has 0 saturated carbocycles. The zero-order chi connectivity index (χ0) is 17.8. The zero-order valence-corrected chi connectivity index (χ0v) is 14.4. The fraction of sp³-hybridized carbons (Fsp3) is 0. The van der Waals surface area contributed by atoms with E-state index in [9.17, 15) is 0 Å². The van der Waals surface area contributed by atoms with Gasteiger partial charge in [-0.05, 0) is 30.3 Å². The van der Waals surface area contributed by atoms with Crippen molar-refractivity contribution in [1.29, 1.82) is 0 Å². The second-order valence-electron chi connectivity index (χ2n) is 5.55. The molecule has 2 aromatic heterocycles. The molecule has 0 fully saturated rings. The SMILES string of the molecule is Clc1ccc2nc(N/N=C/c3ccccn3)nc(-c3ccccc3)c2c1. The lowest BCUT2D eigenvalue weighted by atomic mass is 10.1. The Balaban J connectivity index is 1.74. The third-order valence-electron chi connectivity index (χ3n) is 3.75. The summed E-state index contributed by atoms with van der Waals surface area (Å²) in [5.74, 6) is 0.408. The number of benzene rings is 2. The molecule has 0 saturated heterocycles. The van der Waals surface area contributed by atoms with Crippen molar-refractivity contribution < 1.29 is 0 Å². The molecule has 0 bridgehead atoms. The van der Waals surface area contributed by atoms with Gasteiger partial charge in [-0.15, -0.1) is 0 Å². The molecule has 0 aliphatic carbocycles. The van der Waals surface area contributed by atoms with Gasteiger partial charge in [0.25, 0.3) is 0 Å². The fourth-order valence-corrected chi connectivity index (χ4v) is 2.75. The van der Waals surface area contributed by atoms with Crippen LogP contribution in [0.4, 0.5) is 5.95 Å². The molecule has 126 valence electrons. The smallest absolute Gasteiger partial charge is 0.244 e. The van der Waals surface area contributed by atoms with Gasteiger partial charge in [-0.25, -0.2) is 15.4 Å². The first-order valence-corrected chi connectivity index (χ1v) is 8.40. The molecule has 2 heterocycles. The molecular weight excluding hydrogens is 346 g/mol. The lowest BCUT2D eigenvalue weighted by Gasteiger charge is -2.09. The Hall–Kier alpha value is -3.31. The molecule has 0 unspecified atom stereocenters. The summed E-state index contributed by atoms with van der Waals surface area (Å²) in [5.41, 5.74) is 6.21. The lowest BCUT2D eigenvalue weighted by Crippen LogP contribution is -2.00. The minimum atomic E-state index is 0.408. The maximum absolute atomic E-state index is 6.17. The molecule has 0 radical (unpaired) electrons. The second-order valence-corrected chi connectivity index (χ2v) is 5.98. The molecule has 26 heavy (non-hydrogen) atoms. The van der Waals surface area contributed by atoms with E-state index in [1.54, 1.807) is 12.4 Å². The Morgan fingerprint density at radius 3 is 2.58 bits per heavy atom. The van der Waals surface area contributed by atoms with Crippen molar-refractivity contribution in [2.45, 2.75) is 0 Å². The number of halogens is 1. The topological polar surface area (TPSA) is 63.1 Å². The van der Waals surface area contributed by atoms with Gasteiger partial charge in [0.1, 0.15) is 0 Å². The summed E-state index contributed by atoms with van der Waals surface area (Å²) in [4.78, 5) is 13.3. The number of hydrazone groups is 1. The lowest BCUT2D eigenvalue weighted by molar-refractivity contribution is 1.15. The number of anilines is 1. The predicted molar refractivity (Wildman–Crippen MR) is 105 cm³/mol. The molecule has 0 aliphatic heterocycles. The van der Waals surface area contributed by atoms with E-state index in [0.717, 1.165) is 27.9 Å². The summed E-state index contributed by atoms with van der Waals surface area (Å²) in [7, 11) is 0. The van der Waals surface area contributed by atoms with Crippen LogP contribution in [0.1, 0.15) is 5.69 Å². The first-order valence-electron chi connectivity index (χ1n) is 8.02. The van der Waals surface area contributed by atoms with E-state index in [2.05, 4.69) is 25.5 Å². The molecular formula is C20H14ClN5. The van der Waals surface area contributed by atoms with Crippen LogP contribution in [0.2, 0.25) is 5.02 Å². The number of hydrogen-bond donors (Lipinski definition) is 1. The second kappa shape index (κ2) is 7.29. The highest BCUT2D eigenvalue weighted by molar-refractivity contribution is 6.31. The number of nitrogens with zero attached hydrogens (tertiary/aromatic N) is 4. The van der Waals surface area contributed by atoms with E-state index in [4.69, 9.17) is 11.6 Å². The molecule has 5 nitrogen and oxygen atoms in total. The summed E-state index contributed by atoms with van der Waals surface area (Å²) in [6, 6.07) is 21.1. The fourth-order valence-electron chi connectivity index (χ4n) is 2.58. The van der Waals surface area contributed by atoms with Gasteiger partial charge in [0, 0.05) is 22.2 Å². The normalized spacial score (nSPS) is 11.1. The van der Waals surface area contributed by atoms with Crippen LogP contribution in [-0.4, -0.2) is 21.2 Å².